The van der Waals surface area contributed by atoms with Crippen molar-refractivity contribution in [2.45, 2.75) is 37.7 Å². The number of hydrogen-bond acceptors (Lipinski definition) is 3. The lowest BCUT2D eigenvalue weighted by atomic mass is 9.85. The molecule has 20 heavy (non-hydrogen) atoms. The quantitative estimate of drug-likeness (QED) is 0.842. The summed E-state index contributed by atoms with van der Waals surface area (Å²) in [7, 11) is 0. The summed E-state index contributed by atoms with van der Waals surface area (Å²) < 4.78 is 6.45. The number of carbonyl (C=O) groups excluding carboxylic acids is 2. The zero-order chi connectivity index (χ0) is 14.2. The molecule has 1 saturated carbocycles. The Kier molecular flexibility index (Phi) is 3.54. The van der Waals surface area contributed by atoms with Crippen LogP contribution in [0, 0.1) is 5.92 Å². The lowest BCUT2D eigenvalue weighted by molar-refractivity contribution is -0.149. The van der Waals surface area contributed by atoms with Crippen LogP contribution < -0.4 is 5.32 Å². The van der Waals surface area contributed by atoms with E-state index in [0.717, 1.165) is 35.8 Å². The molecule has 106 valence electrons. The van der Waals surface area contributed by atoms with Gasteiger partial charge in [-0.3, -0.25) is 9.59 Å². The lowest BCUT2D eigenvalue weighted by Gasteiger charge is -2.27. The summed E-state index contributed by atoms with van der Waals surface area (Å²) in [6.45, 7) is 0. The summed E-state index contributed by atoms with van der Waals surface area (Å²) in [5.74, 6) is -0.718. The van der Waals surface area contributed by atoms with Gasteiger partial charge in [-0.25, -0.2) is 0 Å². The second kappa shape index (κ2) is 5.20. The average Bonchev–Trinajstić information content (AvgIpc) is 3.00. The van der Waals surface area contributed by atoms with Crippen molar-refractivity contribution in [3.8, 4) is 0 Å². The van der Waals surface area contributed by atoms with Crippen LogP contribution in [0.2, 0.25) is 0 Å². The summed E-state index contributed by atoms with van der Waals surface area (Å²) in [5.41, 5.74) is 0.196. The molecule has 1 atom stereocenters. The topological polar surface area (TPSA) is 55.4 Å². The van der Waals surface area contributed by atoms with Gasteiger partial charge < -0.3 is 10.1 Å². The van der Waals surface area contributed by atoms with Crippen LogP contribution in [-0.4, -0.2) is 17.5 Å². The third-order valence-electron chi connectivity index (χ3n) is 4.20. The summed E-state index contributed by atoms with van der Waals surface area (Å²) >= 11 is 3.36. The molecule has 5 heteroatoms. The highest BCUT2D eigenvalue weighted by atomic mass is 79.9. The van der Waals surface area contributed by atoms with E-state index >= 15 is 0 Å². The number of carbonyl (C=O) groups is 2. The van der Waals surface area contributed by atoms with Crippen LogP contribution in [-0.2, 0) is 14.3 Å². The van der Waals surface area contributed by atoms with Crippen LogP contribution in [0.1, 0.15) is 32.1 Å². The molecule has 3 rings (SSSR count). The predicted octanol–water partition coefficient (Wildman–Crippen LogP) is 3.26. The highest BCUT2D eigenvalue weighted by Crippen LogP contribution is 2.45. The third kappa shape index (κ3) is 2.46. The van der Waals surface area contributed by atoms with Crippen molar-refractivity contribution in [3.63, 3.8) is 0 Å². The number of nitrogens with one attached hydrogen (secondary N) is 1. The molecule has 0 aromatic heterocycles. The van der Waals surface area contributed by atoms with Crippen LogP contribution in [0.5, 0.6) is 0 Å². The van der Waals surface area contributed by atoms with Gasteiger partial charge in [-0.2, -0.15) is 0 Å². The molecule has 1 aliphatic heterocycles. The van der Waals surface area contributed by atoms with E-state index < -0.39 is 5.60 Å². The molecule has 0 radical (unpaired) electrons. The molecule has 2 aliphatic rings. The average molecular weight is 338 g/mol. The van der Waals surface area contributed by atoms with E-state index in [0.29, 0.717) is 0 Å². The summed E-state index contributed by atoms with van der Waals surface area (Å²) in [6.07, 6.45) is 3.85. The van der Waals surface area contributed by atoms with Crippen molar-refractivity contribution in [1.29, 1.82) is 0 Å². The maximum absolute atomic E-state index is 12.5. The van der Waals surface area contributed by atoms with Crippen LogP contribution in [0.25, 0.3) is 0 Å². The zero-order valence-electron chi connectivity index (χ0n) is 11.0. The first-order chi connectivity index (χ1) is 9.59. The number of rotatable bonds is 2. The number of esters is 1. The second-order valence-corrected chi connectivity index (χ2v) is 6.41. The van der Waals surface area contributed by atoms with Crippen molar-refractivity contribution in [2.75, 3.05) is 5.32 Å². The molecule has 1 aromatic carbocycles. The first-order valence-electron chi connectivity index (χ1n) is 6.87. The SMILES string of the molecule is O=C1C[C@@H](C(=O)Nc2ccc(Br)cc2)C2(CCCC2)O1. The van der Waals surface area contributed by atoms with Crippen molar-refractivity contribution >= 4 is 33.5 Å². The van der Waals surface area contributed by atoms with Gasteiger partial charge in [-0.05, 0) is 49.9 Å². The van der Waals surface area contributed by atoms with Crippen LogP contribution in [0.3, 0.4) is 0 Å². The Morgan fingerprint density at radius 3 is 2.55 bits per heavy atom. The molecule has 0 unspecified atom stereocenters. The standard InChI is InChI=1S/C15H16BrNO3/c16-10-3-5-11(6-4-10)17-14(19)12-9-13(18)20-15(12)7-1-2-8-15/h3-6,12H,1-2,7-9H2,(H,17,19)/t12-/m0/s1. The zero-order valence-corrected chi connectivity index (χ0v) is 12.6. The summed E-state index contributed by atoms with van der Waals surface area (Å²) in [6, 6.07) is 7.41. The highest BCUT2D eigenvalue weighted by molar-refractivity contribution is 9.10. The fraction of sp³-hybridized carbons (Fsp3) is 0.467. The minimum absolute atomic E-state index is 0.111. The van der Waals surface area contributed by atoms with Crippen molar-refractivity contribution in [1.82, 2.24) is 0 Å². The second-order valence-electron chi connectivity index (χ2n) is 5.50. The van der Waals surface area contributed by atoms with Crippen molar-refractivity contribution < 1.29 is 14.3 Å². The largest absolute Gasteiger partial charge is 0.458 e. The molecule has 1 aromatic rings. The molecule has 4 nitrogen and oxygen atoms in total. The Bertz CT molecular complexity index is 535. The Morgan fingerprint density at radius 1 is 1.25 bits per heavy atom. The van der Waals surface area contributed by atoms with Gasteiger partial charge >= 0.3 is 5.97 Å². The maximum atomic E-state index is 12.5. The minimum atomic E-state index is -0.545. The lowest BCUT2D eigenvalue weighted by Crippen LogP contribution is -2.39. The molecule has 1 heterocycles. The van der Waals surface area contributed by atoms with Crippen molar-refractivity contribution in [3.05, 3.63) is 28.7 Å². The number of amides is 1. The van der Waals surface area contributed by atoms with Crippen LogP contribution in [0.15, 0.2) is 28.7 Å². The summed E-state index contributed by atoms with van der Waals surface area (Å²) in [5, 5.41) is 2.89. The highest BCUT2D eigenvalue weighted by Gasteiger charge is 2.53. The van der Waals surface area contributed by atoms with E-state index in [9.17, 15) is 9.59 Å². The molecule has 1 amide bonds. The number of halogens is 1. The normalized spacial score (nSPS) is 23.9. The van der Waals surface area contributed by atoms with Crippen LogP contribution in [0.4, 0.5) is 5.69 Å². The van der Waals surface area contributed by atoms with E-state index in [4.69, 9.17) is 4.74 Å². The van der Waals surface area contributed by atoms with E-state index in [1.54, 1.807) is 0 Å². The van der Waals surface area contributed by atoms with E-state index in [1.807, 2.05) is 24.3 Å². The van der Waals surface area contributed by atoms with Gasteiger partial charge in [0.2, 0.25) is 5.91 Å². The number of ether oxygens (including phenoxy) is 1. The molecule has 1 aliphatic carbocycles. The minimum Gasteiger partial charge on any atom is -0.458 e. The maximum Gasteiger partial charge on any atom is 0.307 e. The molecule has 0 bridgehead atoms. The molecule has 2 fully saturated rings. The first-order valence-corrected chi connectivity index (χ1v) is 7.67. The van der Waals surface area contributed by atoms with E-state index in [-0.39, 0.29) is 24.2 Å². The van der Waals surface area contributed by atoms with Gasteiger partial charge in [-0.15, -0.1) is 0 Å². The van der Waals surface area contributed by atoms with E-state index in [2.05, 4.69) is 21.2 Å². The summed E-state index contributed by atoms with van der Waals surface area (Å²) in [4.78, 5) is 24.1. The molecular formula is C15H16BrNO3. The van der Waals surface area contributed by atoms with Gasteiger partial charge in [0.05, 0.1) is 12.3 Å². The third-order valence-corrected chi connectivity index (χ3v) is 4.73. The Morgan fingerprint density at radius 2 is 1.90 bits per heavy atom. The molecular weight excluding hydrogens is 322 g/mol. The molecule has 1 spiro atoms. The first kappa shape index (κ1) is 13.6. The van der Waals surface area contributed by atoms with Gasteiger partial charge in [-0.1, -0.05) is 15.9 Å². The van der Waals surface area contributed by atoms with Crippen molar-refractivity contribution in [2.24, 2.45) is 5.92 Å². The number of anilines is 1. The van der Waals surface area contributed by atoms with Gasteiger partial charge in [0.1, 0.15) is 5.60 Å². The Hall–Kier alpha value is -1.36. The van der Waals surface area contributed by atoms with Gasteiger partial charge in [0.25, 0.3) is 0 Å². The Labute approximate surface area is 126 Å². The van der Waals surface area contributed by atoms with Gasteiger partial charge in [0, 0.05) is 10.2 Å². The molecule has 1 saturated heterocycles. The van der Waals surface area contributed by atoms with E-state index in [1.165, 1.54) is 0 Å². The van der Waals surface area contributed by atoms with Crippen LogP contribution >= 0.6 is 15.9 Å². The Balaban J connectivity index is 1.76. The fourth-order valence-corrected chi connectivity index (χ4v) is 3.47. The van der Waals surface area contributed by atoms with Gasteiger partial charge in [0.15, 0.2) is 0 Å². The predicted molar refractivity (Wildman–Crippen MR) is 78.2 cm³/mol. The number of benzene rings is 1. The molecule has 1 N–H and O–H groups in total. The number of hydrogen-bond donors (Lipinski definition) is 1. The fourth-order valence-electron chi connectivity index (χ4n) is 3.21. The smallest absolute Gasteiger partial charge is 0.307 e. The monoisotopic (exact) mass is 337 g/mol.